The zero-order valence-corrected chi connectivity index (χ0v) is 18.2. The van der Waals surface area contributed by atoms with Crippen LogP contribution in [0, 0.1) is 10.1 Å². The largest absolute Gasteiger partial charge is 0.492 e. The molecule has 1 aliphatic heterocycles. The standard InChI is InChI=1S/C21H23N3O7S/c1-2-31-19-8-7-17(15-20(19)32(28,29)23-10-12-30-13-11-23)22-21(25)9-6-16-4-3-5-18(14-16)24(26)27/h3-9,14-15H,2,10-13H2,1H3,(H,22,25)/b9-6+. The minimum atomic E-state index is -3.85. The molecule has 2 aromatic carbocycles. The van der Waals surface area contributed by atoms with Gasteiger partial charge in [-0.15, -0.1) is 0 Å². The number of nitrogens with one attached hydrogen (secondary N) is 1. The number of amides is 1. The van der Waals surface area contributed by atoms with Gasteiger partial charge < -0.3 is 14.8 Å². The van der Waals surface area contributed by atoms with E-state index in [0.29, 0.717) is 18.8 Å². The Balaban J connectivity index is 1.81. The number of nitro groups is 1. The number of non-ortho nitro benzene ring substituents is 1. The Morgan fingerprint density at radius 3 is 2.69 bits per heavy atom. The first-order valence-electron chi connectivity index (χ1n) is 9.89. The van der Waals surface area contributed by atoms with E-state index in [0.717, 1.165) is 0 Å². The van der Waals surface area contributed by atoms with Crippen molar-refractivity contribution in [2.45, 2.75) is 11.8 Å². The van der Waals surface area contributed by atoms with Crippen molar-refractivity contribution in [3.8, 4) is 5.75 Å². The van der Waals surface area contributed by atoms with Gasteiger partial charge in [0.1, 0.15) is 10.6 Å². The van der Waals surface area contributed by atoms with Crippen LogP contribution in [0.4, 0.5) is 11.4 Å². The third-order valence-electron chi connectivity index (χ3n) is 4.61. The molecule has 0 unspecified atom stereocenters. The van der Waals surface area contributed by atoms with Crippen molar-refractivity contribution < 1.29 is 27.6 Å². The summed E-state index contributed by atoms with van der Waals surface area (Å²) in [5.41, 5.74) is 0.669. The Labute approximate surface area is 185 Å². The highest BCUT2D eigenvalue weighted by molar-refractivity contribution is 7.89. The van der Waals surface area contributed by atoms with Gasteiger partial charge in [-0.25, -0.2) is 8.42 Å². The Kier molecular flexibility index (Phi) is 7.57. The molecule has 1 N–H and O–H groups in total. The third-order valence-corrected chi connectivity index (χ3v) is 6.53. The summed E-state index contributed by atoms with van der Waals surface area (Å²) in [5.74, 6) is -0.320. The third kappa shape index (κ3) is 5.69. The summed E-state index contributed by atoms with van der Waals surface area (Å²) in [6.45, 7) is 3.11. The Bertz CT molecular complexity index is 1130. The van der Waals surface area contributed by atoms with E-state index in [4.69, 9.17) is 9.47 Å². The minimum Gasteiger partial charge on any atom is -0.492 e. The number of nitrogens with zero attached hydrogens (tertiary/aromatic N) is 2. The number of nitro benzene ring substituents is 1. The van der Waals surface area contributed by atoms with Gasteiger partial charge in [-0.3, -0.25) is 14.9 Å². The van der Waals surface area contributed by atoms with Gasteiger partial charge in [-0.2, -0.15) is 4.31 Å². The predicted octanol–water partition coefficient (Wildman–Crippen LogP) is 2.67. The second kappa shape index (κ2) is 10.4. The van der Waals surface area contributed by atoms with Crippen LogP contribution in [0.5, 0.6) is 5.75 Å². The summed E-state index contributed by atoms with van der Waals surface area (Å²) in [6.07, 6.45) is 2.65. The van der Waals surface area contributed by atoms with Crippen molar-refractivity contribution in [1.29, 1.82) is 0 Å². The summed E-state index contributed by atoms with van der Waals surface area (Å²) in [4.78, 5) is 22.6. The molecule has 11 heteroatoms. The van der Waals surface area contributed by atoms with Gasteiger partial charge >= 0.3 is 0 Å². The van der Waals surface area contributed by atoms with Crippen LogP contribution in [0.2, 0.25) is 0 Å². The highest BCUT2D eigenvalue weighted by Gasteiger charge is 2.29. The SMILES string of the molecule is CCOc1ccc(NC(=O)/C=C/c2cccc([N+](=O)[O-])c2)cc1S(=O)(=O)N1CCOCC1. The zero-order chi connectivity index (χ0) is 23.1. The normalized spacial score (nSPS) is 14.9. The molecule has 1 fully saturated rings. The van der Waals surface area contributed by atoms with Gasteiger partial charge in [0, 0.05) is 37.0 Å². The van der Waals surface area contributed by atoms with Crippen molar-refractivity contribution in [1.82, 2.24) is 4.31 Å². The molecule has 0 spiro atoms. The zero-order valence-electron chi connectivity index (χ0n) is 17.4. The first-order valence-corrected chi connectivity index (χ1v) is 11.3. The van der Waals surface area contributed by atoms with E-state index in [1.807, 2.05) is 0 Å². The summed E-state index contributed by atoms with van der Waals surface area (Å²) in [7, 11) is -3.85. The molecule has 1 aliphatic rings. The molecular formula is C21H23N3O7S. The first-order chi connectivity index (χ1) is 15.3. The monoisotopic (exact) mass is 461 g/mol. The fourth-order valence-electron chi connectivity index (χ4n) is 3.09. The molecule has 0 radical (unpaired) electrons. The fourth-order valence-corrected chi connectivity index (χ4v) is 4.65. The Morgan fingerprint density at radius 2 is 2.00 bits per heavy atom. The molecule has 2 aromatic rings. The molecule has 10 nitrogen and oxygen atoms in total. The smallest absolute Gasteiger partial charge is 0.270 e. The van der Waals surface area contributed by atoms with Crippen molar-refractivity contribution in [2.75, 3.05) is 38.2 Å². The maximum absolute atomic E-state index is 13.1. The van der Waals surface area contributed by atoms with Gasteiger partial charge in [0.15, 0.2) is 0 Å². The molecule has 0 saturated carbocycles. The van der Waals surface area contributed by atoms with Crippen LogP contribution in [-0.4, -0.2) is 56.5 Å². The molecule has 1 heterocycles. The molecule has 32 heavy (non-hydrogen) atoms. The number of ether oxygens (including phenoxy) is 2. The number of hydrogen-bond acceptors (Lipinski definition) is 7. The van der Waals surface area contributed by atoms with Crippen LogP contribution in [0.3, 0.4) is 0 Å². The number of benzene rings is 2. The van der Waals surface area contributed by atoms with Crippen molar-refractivity contribution in [3.05, 3.63) is 64.2 Å². The maximum Gasteiger partial charge on any atom is 0.270 e. The molecular weight excluding hydrogens is 438 g/mol. The van der Waals surface area contributed by atoms with E-state index < -0.39 is 20.9 Å². The topological polar surface area (TPSA) is 128 Å². The number of carbonyl (C=O) groups excluding carboxylic acids is 1. The summed E-state index contributed by atoms with van der Waals surface area (Å²) >= 11 is 0. The number of anilines is 1. The second-order valence-electron chi connectivity index (χ2n) is 6.79. The molecule has 170 valence electrons. The summed E-state index contributed by atoms with van der Waals surface area (Å²) in [6, 6.07) is 10.2. The molecule has 0 atom stereocenters. The number of rotatable bonds is 8. The lowest BCUT2D eigenvalue weighted by atomic mass is 10.2. The van der Waals surface area contributed by atoms with Crippen LogP contribution in [0.25, 0.3) is 6.08 Å². The number of hydrogen-bond donors (Lipinski definition) is 1. The van der Waals surface area contributed by atoms with E-state index in [1.165, 1.54) is 46.8 Å². The van der Waals surface area contributed by atoms with E-state index in [9.17, 15) is 23.3 Å². The van der Waals surface area contributed by atoms with E-state index >= 15 is 0 Å². The highest BCUT2D eigenvalue weighted by Crippen LogP contribution is 2.30. The second-order valence-corrected chi connectivity index (χ2v) is 8.69. The lowest BCUT2D eigenvalue weighted by molar-refractivity contribution is -0.384. The fraction of sp³-hybridized carbons (Fsp3) is 0.286. The molecule has 3 rings (SSSR count). The van der Waals surface area contributed by atoms with Crippen LogP contribution in [-0.2, 0) is 19.6 Å². The minimum absolute atomic E-state index is 0.0401. The molecule has 0 aliphatic carbocycles. The van der Waals surface area contributed by atoms with Gasteiger partial charge in [0.25, 0.3) is 5.69 Å². The first kappa shape index (κ1) is 23.4. The maximum atomic E-state index is 13.1. The number of morpholine rings is 1. The molecule has 0 aromatic heterocycles. The van der Waals surface area contributed by atoms with E-state index in [1.54, 1.807) is 19.1 Å². The van der Waals surface area contributed by atoms with Crippen LogP contribution in [0.15, 0.2) is 53.4 Å². The lowest BCUT2D eigenvalue weighted by Crippen LogP contribution is -2.40. The molecule has 1 amide bonds. The molecule has 1 saturated heterocycles. The van der Waals surface area contributed by atoms with Crippen LogP contribution in [0.1, 0.15) is 12.5 Å². The average molecular weight is 461 g/mol. The quantitative estimate of drug-likeness (QED) is 0.364. The summed E-state index contributed by atoms with van der Waals surface area (Å²) in [5, 5.41) is 13.5. The van der Waals surface area contributed by atoms with Gasteiger partial charge in [-0.05, 0) is 36.8 Å². The summed E-state index contributed by atoms with van der Waals surface area (Å²) < 4.78 is 38.3. The predicted molar refractivity (Wildman–Crippen MR) is 118 cm³/mol. The number of carbonyl (C=O) groups is 1. The van der Waals surface area contributed by atoms with E-state index in [-0.39, 0.29) is 41.7 Å². The highest BCUT2D eigenvalue weighted by atomic mass is 32.2. The van der Waals surface area contributed by atoms with Crippen LogP contribution < -0.4 is 10.1 Å². The van der Waals surface area contributed by atoms with Crippen LogP contribution >= 0.6 is 0 Å². The van der Waals surface area contributed by atoms with Gasteiger partial charge in [0.05, 0.1) is 24.7 Å². The van der Waals surface area contributed by atoms with Crippen molar-refractivity contribution >= 4 is 33.4 Å². The van der Waals surface area contributed by atoms with E-state index in [2.05, 4.69) is 5.32 Å². The lowest BCUT2D eigenvalue weighted by Gasteiger charge is -2.27. The van der Waals surface area contributed by atoms with Crippen molar-refractivity contribution in [3.63, 3.8) is 0 Å². The molecule has 0 bridgehead atoms. The van der Waals surface area contributed by atoms with Crippen molar-refractivity contribution in [2.24, 2.45) is 0 Å². The van der Waals surface area contributed by atoms with Gasteiger partial charge in [0.2, 0.25) is 15.9 Å². The van der Waals surface area contributed by atoms with Gasteiger partial charge in [-0.1, -0.05) is 12.1 Å². The Morgan fingerprint density at radius 1 is 1.25 bits per heavy atom. The number of sulfonamides is 1. The Hall–Kier alpha value is -3.28. The average Bonchev–Trinajstić information content (AvgIpc) is 2.79.